The van der Waals surface area contributed by atoms with Gasteiger partial charge >= 0.3 is 0 Å². The summed E-state index contributed by atoms with van der Waals surface area (Å²) in [7, 11) is -4.10. The molecule has 0 unspecified atom stereocenters. The maximum atomic E-state index is 13.6. The highest BCUT2D eigenvalue weighted by Gasteiger charge is 2.28. The maximum absolute atomic E-state index is 13.6. The number of aromatic nitrogens is 2. The number of hydrogen-bond donors (Lipinski definition) is 1. The summed E-state index contributed by atoms with van der Waals surface area (Å²) < 4.78 is 29.9. The smallest absolute Gasteiger partial charge is 0.264 e. The van der Waals surface area contributed by atoms with E-state index in [1.165, 1.54) is 24.4 Å². The molecule has 196 valence electrons. The standard InChI is InChI=1S/C27H25Cl2N5O3S/c1-18-9-13-23(14-10-18)38(36,37)33(25-15-21(28)12-11-19(25)2)17-26(35)31-30-16-24-20(3)34(32-27(24)29)22-7-5-4-6-8-22/h4-16H,17H2,1-3H3,(H,31,35)/b30-16-. The van der Waals surface area contributed by atoms with Crippen LogP contribution in [0.5, 0.6) is 0 Å². The van der Waals surface area contributed by atoms with Gasteiger partial charge in [0.05, 0.1) is 33.7 Å². The maximum Gasteiger partial charge on any atom is 0.264 e. The second kappa shape index (κ2) is 11.4. The largest absolute Gasteiger partial charge is 0.271 e. The van der Waals surface area contributed by atoms with E-state index < -0.39 is 22.5 Å². The molecule has 0 saturated heterocycles. The number of aryl methyl sites for hydroxylation is 2. The van der Waals surface area contributed by atoms with E-state index in [1.807, 2.05) is 44.2 Å². The van der Waals surface area contributed by atoms with Crippen LogP contribution in [0, 0.1) is 20.8 Å². The van der Waals surface area contributed by atoms with Crippen LogP contribution in [0.4, 0.5) is 5.69 Å². The molecular weight excluding hydrogens is 545 g/mol. The lowest BCUT2D eigenvalue weighted by atomic mass is 10.2. The summed E-state index contributed by atoms with van der Waals surface area (Å²) >= 11 is 12.5. The van der Waals surface area contributed by atoms with Gasteiger partial charge in [-0.3, -0.25) is 9.10 Å². The number of amides is 1. The van der Waals surface area contributed by atoms with Crippen molar-refractivity contribution in [3.8, 4) is 5.69 Å². The number of nitrogens with one attached hydrogen (secondary N) is 1. The number of rotatable bonds is 8. The predicted molar refractivity (Wildman–Crippen MR) is 151 cm³/mol. The molecule has 0 aliphatic carbocycles. The highest BCUT2D eigenvalue weighted by Crippen LogP contribution is 2.29. The number of nitrogens with zero attached hydrogens (tertiary/aromatic N) is 4. The summed E-state index contributed by atoms with van der Waals surface area (Å²) in [4.78, 5) is 13.0. The SMILES string of the molecule is Cc1ccc(S(=O)(=O)N(CC(=O)N/N=C\c2c(Cl)nn(-c3ccccc3)c2C)c2cc(Cl)ccc2C)cc1. The zero-order chi connectivity index (χ0) is 27.4. The van der Waals surface area contributed by atoms with E-state index in [1.54, 1.807) is 35.9 Å². The van der Waals surface area contributed by atoms with E-state index in [4.69, 9.17) is 23.2 Å². The number of carbonyl (C=O) groups excluding carboxylic acids is 1. The Morgan fingerprint density at radius 2 is 1.71 bits per heavy atom. The minimum Gasteiger partial charge on any atom is -0.271 e. The third kappa shape index (κ3) is 5.91. The normalized spacial score (nSPS) is 11.6. The fraction of sp³-hybridized carbons (Fsp3) is 0.148. The number of hydrazone groups is 1. The van der Waals surface area contributed by atoms with E-state index in [9.17, 15) is 13.2 Å². The average Bonchev–Trinajstić information content (AvgIpc) is 3.18. The fourth-order valence-electron chi connectivity index (χ4n) is 3.77. The van der Waals surface area contributed by atoms with Crippen molar-refractivity contribution in [3.63, 3.8) is 0 Å². The van der Waals surface area contributed by atoms with Crippen LogP contribution in [0.1, 0.15) is 22.4 Å². The van der Waals surface area contributed by atoms with E-state index in [0.717, 1.165) is 21.2 Å². The third-order valence-electron chi connectivity index (χ3n) is 5.84. The highest BCUT2D eigenvalue weighted by molar-refractivity contribution is 7.92. The Labute approximate surface area is 231 Å². The van der Waals surface area contributed by atoms with Gasteiger partial charge in [-0.25, -0.2) is 18.5 Å². The molecule has 1 N–H and O–H groups in total. The summed E-state index contributed by atoms with van der Waals surface area (Å²) in [5.41, 5.74) is 6.30. The summed E-state index contributed by atoms with van der Waals surface area (Å²) in [5, 5.41) is 8.90. The summed E-state index contributed by atoms with van der Waals surface area (Å²) in [6.45, 7) is 4.91. The quantitative estimate of drug-likeness (QED) is 0.225. The Morgan fingerprint density at radius 1 is 1.03 bits per heavy atom. The van der Waals surface area contributed by atoms with Gasteiger partial charge in [-0.05, 0) is 62.7 Å². The lowest BCUT2D eigenvalue weighted by Crippen LogP contribution is -2.40. The second-order valence-electron chi connectivity index (χ2n) is 8.59. The molecule has 1 heterocycles. The Morgan fingerprint density at radius 3 is 2.39 bits per heavy atom. The third-order valence-corrected chi connectivity index (χ3v) is 8.13. The molecule has 0 aliphatic heterocycles. The highest BCUT2D eigenvalue weighted by atomic mass is 35.5. The van der Waals surface area contributed by atoms with Crippen LogP contribution in [0.25, 0.3) is 5.69 Å². The molecule has 4 rings (SSSR count). The van der Waals surface area contributed by atoms with Crippen molar-refractivity contribution in [3.05, 3.63) is 105 Å². The Kier molecular flexibility index (Phi) is 8.20. The van der Waals surface area contributed by atoms with Crippen molar-refractivity contribution in [2.45, 2.75) is 25.7 Å². The average molecular weight is 571 g/mol. The van der Waals surface area contributed by atoms with Gasteiger partial charge in [0.2, 0.25) is 0 Å². The zero-order valence-electron chi connectivity index (χ0n) is 20.9. The van der Waals surface area contributed by atoms with E-state index in [0.29, 0.717) is 21.8 Å². The number of carbonyl (C=O) groups is 1. The first-order valence-corrected chi connectivity index (χ1v) is 13.8. The van der Waals surface area contributed by atoms with E-state index >= 15 is 0 Å². The minimum absolute atomic E-state index is 0.0505. The van der Waals surface area contributed by atoms with Gasteiger partial charge in [-0.1, -0.05) is 65.2 Å². The molecule has 8 nitrogen and oxygen atoms in total. The van der Waals surface area contributed by atoms with Crippen molar-refractivity contribution in [1.29, 1.82) is 0 Å². The number of hydrogen-bond acceptors (Lipinski definition) is 5. The van der Waals surface area contributed by atoms with Crippen LogP contribution in [0.3, 0.4) is 0 Å². The lowest BCUT2D eigenvalue weighted by molar-refractivity contribution is -0.119. The molecule has 0 atom stereocenters. The van der Waals surface area contributed by atoms with Crippen molar-refractivity contribution < 1.29 is 13.2 Å². The van der Waals surface area contributed by atoms with Crippen LogP contribution >= 0.6 is 23.2 Å². The first-order valence-electron chi connectivity index (χ1n) is 11.6. The molecule has 0 spiro atoms. The van der Waals surface area contributed by atoms with Gasteiger partial charge in [-0.2, -0.15) is 10.2 Å². The molecule has 0 fully saturated rings. The Bertz CT molecular complexity index is 1600. The van der Waals surface area contributed by atoms with Gasteiger partial charge in [0.1, 0.15) is 6.54 Å². The monoisotopic (exact) mass is 569 g/mol. The predicted octanol–water partition coefficient (Wildman–Crippen LogP) is 5.45. The van der Waals surface area contributed by atoms with Crippen molar-refractivity contribution in [2.24, 2.45) is 5.10 Å². The number of benzene rings is 3. The number of sulfonamides is 1. The van der Waals surface area contributed by atoms with E-state index in [-0.39, 0.29) is 10.0 Å². The molecule has 11 heteroatoms. The van der Waals surface area contributed by atoms with Crippen LogP contribution in [0.15, 0.2) is 82.8 Å². The minimum atomic E-state index is -4.10. The molecule has 1 aromatic heterocycles. The van der Waals surface area contributed by atoms with Crippen LogP contribution in [0.2, 0.25) is 10.2 Å². The van der Waals surface area contributed by atoms with Crippen molar-refractivity contribution >= 4 is 51.0 Å². The summed E-state index contributed by atoms with van der Waals surface area (Å²) in [6, 6.07) is 20.7. The zero-order valence-corrected chi connectivity index (χ0v) is 23.2. The molecule has 0 bridgehead atoms. The van der Waals surface area contributed by atoms with Crippen LogP contribution in [-0.2, 0) is 14.8 Å². The molecular formula is C27H25Cl2N5O3S. The van der Waals surface area contributed by atoms with E-state index in [2.05, 4.69) is 15.6 Å². The summed E-state index contributed by atoms with van der Waals surface area (Å²) in [5.74, 6) is -0.652. The van der Waals surface area contributed by atoms with Gasteiger partial charge in [0.15, 0.2) is 5.15 Å². The molecule has 0 saturated carbocycles. The molecule has 0 aliphatic rings. The molecule has 4 aromatic rings. The topological polar surface area (TPSA) is 96.7 Å². The van der Waals surface area contributed by atoms with Crippen molar-refractivity contribution in [2.75, 3.05) is 10.8 Å². The summed E-state index contributed by atoms with van der Waals surface area (Å²) in [6.07, 6.45) is 1.38. The Hall–Kier alpha value is -3.66. The molecule has 1 amide bonds. The van der Waals surface area contributed by atoms with Gasteiger partial charge < -0.3 is 0 Å². The number of halogens is 2. The van der Waals surface area contributed by atoms with Crippen LogP contribution < -0.4 is 9.73 Å². The second-order valence-corrected chi connectivity index (χ2v) is 11.2. The first kappa shape index (κ1) is 27.4. The fourth-order valence-corrected chi connectivity index (χ4v) is 5.68. The molecule has 38 heavy (non-hydrogen) atoms. The Balaban J connectivity index is 1.59. The molecule has 3 aromatic carbocycles. The number of anilines is 1. The number of para-hydroxylation sites is 1. The van der Waals surface area contributed by atoms with Gasteiger partial charge in [0, 0.05) is 5.02 Å². The first-order chi connectivity index (χ1) is 18.1. The lowest BCUT2D eigenvalue weighted by Gasteiger charge is -2.25. The van der Waals surface area contributed by atoms with Crippen LogP contribution in [-0.4, -0.2) is 36.9 Å². The van der Waals surface area contributed by atoms with Crippen molar-refractivity contribution in [1.82, 2.24) is 15.2 Å². The van der Waals surface area contributed by atoms with Gasteiger partial charge in [0.25, 0.3) is 15.9 Å². The molecule has 0 radical (unpaired) electrons. The van der Waals surface area contributed by atoms with Gasteiger partial charge in [-0.15, -0.1) is 0 Å².